The third-order valence-electron chi connectivity index (χ3n) is 4.86. The molecule has 1 aromatic carbocycles. The third-order valence-corrected chi connectivity index (χ3v) is 6.33. The molecule has 0 spiro atoms. The molecule has 0 amide bonds. The lowest BCUT2D eigenvalue weighted by atomic mass is 10.1. The zero-order chi connectivity index (χ0) is 22.8. The van der Waals surface area contributed by atoms with Crippen LogP contribution in [0, 0.1) is 23.0 Å². The van der Waals surface area contributed by atoms with Crippen molar-refractivity contribution in [3.63, 3.8) is 0 Å². The minimum absolute atomic E-state index is 0.0569. The van der Waals surface area contributed by atoms with Crippen molar-refractivity contribution in [3.8, 4) is 17.3 Å². The van der Waals surface area contributed by atoms with Gasteiger partial charge in [0.15, 0.2) is 5.82 Å². The summed E-state index contributed by atoms with van der Waals surface area (Å²) in [6.07, 6.45) is 2.99. The van der Waals surface area contributed by atoms with E-state index in [-0.39, 0.29) is 25.2 Å². The molecule has 9 heteroatoms. The third kappa shape index (κ3) is 4.38. The van der Waals surface area contributed by atoms with Gasteiger partial charge < -0.3 is 5.32 Å². The summed E-state index contributed by atoms with van der Waals surface area (Å²) in [5.41, 5.74) is 3.30. The molecular weight excluding hydrogens is 451 g/mol. The van der Waals surface area contributed by atoms with Crippen LogP contribution in [-0.4, -0.2) is 28.3 Å². The summed E-state index contributed by atoms with van der Waals surface area (Å²) in [6.45, 7) is 4.24. The average molecular weight is 468 g/mol. The SMILES string of the molecule is CP(C)c1ccc(-c2nc3c(NCc4cc(C#N)ccc4F)c(Cl)cnc3cc2F)cn1. The van der Waals surface area contributed by atoms with Crippen molar-refractivity contribution in [3.05, 3.63) is 76.6 Å². The second-order valence-corrected chi connectivity index (χ2v) is 9.89. The van der Waals surface area contributed by atoms with E-state index in [0.29, 0.717) is 33.4 Å². The van der Waals surface area contributed by atoms with Crippen molar-refractivity contribution in [1.29, 1.82) is 5.26 Å². The highest BCUT2D eigenvalue weighted by Crippen LogP contribution is 2.32. The van der Waals surface area contributed by atoms with E-state index in [0.717, 1.165) is 5.44 Å². The van der Waals surface area contributed by atoms with Crippen molar-refractivity contribution in [1.82, 2.24) is 15.0 Å². The Balaban J connectivity index is 1.75. The summed E-state index contributed by atoms with van der Waals surface area (Å²) in [4.78, 5) is 13.1. The highest BCUT2D eigenvalue weighted by atomic mass is 35.5. The normalized spacial score (nSPS) is 11.0. The molecule has 4 aromatic rings. The van der Waals surface area contributed by atoms with E-state index in [1.807, 2.05) is 12.1 Å². The van der Waals surface area contributed by atoms with Crippen LogP contribution in [0.4, 0.5) is 14.5 Å². The number of pyridine rings is 3. The largest absolute Gasteiger partial charge is 0.378 e. The standard InChI is InChI=1S/C23H17ClF2N5P/c1-32(2)20-6-4-14(10-29-20)21-18(26)8-19-23(31-21)22(16(24)12-28-19)30-11-15-7-13(9-27)3-5-17(15)25/h3-8,10,12H,11H2,1-2H3,(H,28,30). The van der Waals surface area contributed by atoms with Gasteiger partial charge in [-0.15, -0.1) is 0 Å². The maximum Gasteiger partial charge on any atom is 0.151 e. The number of halogens is 3. The van der Waals surface area contributed by atoms with Crippen LogP contribution in [0.1, 0.15) is 11.1 Å². The predicted molar refractivity (Wildman–Crippen MR) is 125 cm³/mol. The van der Waals surface area contributed by atoms with Gasteiger partial charge in [-0.05, 0) is 43.7 Å². The molecule has 160 valence electrons. The Morgan fingerprint density at radius 2 is 1.88 bits per heavy atom. The molecule has 0 saturated carbocycles. The first-order chi connectivity index (χ1) is 15.4. The van der Waals surface area contributed by atoms with Crippen molar-refractivity contribution in [2.24, 2.45) is 0 Å². The fraction of sp³-hybridized carbons (Fsp3) is 0.130. The van der Waals surface area contributed by atoms with Crippen LogP contribution in [0.15, 0.2) is 48.8 Å². The number of aromatic nitrogens is 3. The van der Waals surface area contributed by atoms with Crippen LogP contribution in [0.2, 0.25) is 5.02 Å². The van der Waals surface area contributed by atoms with Gasteiger partial charge in [-0.1, -0.05) is 19.5 Å². The molecular formula is C23H17ClF2N5P. The molecule has 1 N–H and O–H groups in total. The minimum atomic E-state index is -0.532. The van der Waals surface area contributed by atoms with E-state index in [4.69, 9.17) is 16.9 Å². The van der Waals surface area contributed by atoms with E-state index in [2.05, 4.69) is 33.6 Å². The molecule has 0 aliphatic heterocycles. The number of hydrogen-bond acceptors (Lipinski definition) is 5. The number of nitrogens with one attached hydrogen (secondary N) is 1. The highest BCUT2D eigenvalue weighted by molar-refractivity contribution is 7.63. The molecule has 0 atom stereocenters. The van der Waals surface area contributed by atoms with E-state index in [1.165, 1.54) is 30.5 Å². The van der Waals surface area contributed by atoms with Gasteiger partial charge in [-0.25, -0.2) is 13.8 Å². The summed E-state index contributed by atoms with van der Waals surface area (Å²) in [6, 6.07) is 11.0. The van der Waals surface area contributed by atoms with E-state index in [9.17, 15) is 8.78 Å². The lowest BCUT2D eigenvalue weighted by Gasteiger charge is -2.13. The molecule has 3 heterocycles. The van der Waals surface area contributed by atoms with Crippen molar-refractivity contribution in [2.45, 2.75) is 6.54 Å². The Morgan fingerprint density at radius 1 is 1.06 bits per heavy atom. The first kappa shape index (κ1) is 22.0. The fourth-order valence-corrected chi connectivity index (χ4v) is 4.06. The Kier molecular flexibility index (Phi) is 6.27. The molecule has 0 saturated heterocycles. The zero-order valence-corrected chi connectivity index (χ0v) is 18.8. The summed E-state index contributed by atoms with van der Waals surface area (Å²) >= 11 is 6.35. The van der Waals surface area contributed by atoms with Crippen LogP contribution in [0.25, 0.3) is 22.3 Å². The van der Waals surface area contributed by atoms with Crippen LogP contribution in [0.5, 0.6) is 0 Å². The molecule has 0 fully saturated rings. The van der Waals surface area contributed by atoms with Gasteiger partial charge in [-0.3, -0.25) is 9.97 Å². The lowest BCUT2D eigenvalue weighted by Crippen LogP contribution is -2.06. The Bertz CT molecular complexity index is 1350. The fourth-order valence-electron chi connectivity index (χ4n) is 3.19. The summed E-state index contributed by atoms with van der Waals surface area (Å²) < 4.78 is 29.0. The Hall–Kier alpha value is -3.20. The second-order valence-electron chi connectivity index (χ2n) is 7.24. The van der Waals surface area contributed by atoms with Gasteiger partial charge in [0, 0.05) is 36.1 Å². The maximum atomic E-state index is 14.8. The Labute approximate surface area is 189 Å². The monoisotopic (exact) mass is 467 g/mol. The number of nitrogens with zero attached hydrogens (tertiary/aromatic N) is 4. The number of nitriles is 1. The number of benzene rings is 1. The van der Waals surface area contributed by atoms with Gasteiger partial charge in [0.2, 0.25) is 0 Å². The summed E-state index contributed by atoms with van der Waals surface area (Å²) in [5, 5.41) is 12.4. The Morgan fingerprint density at radius 3 is 2.56 bits per heavy atom. The molecule has 3 aromatic heterocycles. The molecule has 32 heavy (non-hydrogen) atoms. The van der Waals surface area contributed by atoms with Gasteiger partial charge in [-0.2, -0.15) is 5.26 Å². The molecule has 0 aliphatic rings. The van der Waals surface area contributed by atoms with E-state index < -0.39 is 11.6 Å². The lowest BCUT2D eigenvalue weighted by molar-refractivity contribution is 0.613. The molecule has 5 nitrogen and oxygen atoms in total. The average Bonchev–Trinajstić information content (AvgIpc) is 2.79. The van der Waals surface area contributed by atoms with Gasteiger partial charge in [0.1, 0.15) is 17.0 Å². The first-order valence-electron chi connectivity index (χ1n) is 9.58. The van der Waals surface area contributed by atoms with Crippen LogP contribution in [-0.2, 0) is 6.54 Å². The number of hydrogen-bond donors (Lipinski definition) is 1. The van der Waals surface area contributed by atoms with Gasteiger partial charge in [0.05, 0.1) is 33.3 Å². The van der Waals surface area contributed by atoms with Crippen molar-refractivity contribution < 1.29 is 8.78 Å². The second kappa shape index (κ2) is 9.12. The number of fused-ring (bicyclic) bond motifs is 1. The predicted octanol–water partition coefficient (Wildman–Crippen LogP) is 5.47. The smallest absolute Gasteiger partial charge is 0.151 e. The van der Waals surface area contributed by atoms with Crippen molar-refractivity contribution >= 4 is 41.7 Å². The summed E-state index contributed by atoms with van der Waals surface area (Å²) in [7, 11) is -0.369. The molecule has 0 bridgehead atoms. The van der Waals surface area contributed by atoms with Gasteiger partial charge in [0.25, 0.3) is 0 Å². The van der Waals surface area contributed by atoms with Gasteiger partial charge >= 0.3 is 0 Å². The van der Waals surface area contributed by atoms with Crippen LogP contribution < -0.4 is 10.8 Å². The quantitative estimate of drug-likeness (QED) is 0.394. The molecule has 4 rings (SSSR count). The van der Waals surface area contributed by atoms with E-state index in [1.54, 1.807) is 12.3 Å². The van der Waals surface area contributed by atoms with Crippen LogP contribution >= 0.6 is 19.5 Å². The first-order valence-corrected chi connectivity index (χ1v) is 12.2. The van der Waals surface area contributed by atoms with Crippen LogP contribution in [0.3, 0.4) is 0 Å². The highest BCUT2D eigenvalue weighted by Gasteiger charge is 2.16. The summed E-state index contributed by atoms with van der Waals surface area (Å²) in [5.74, 6) is -0.987. The minimum Gasteiger partial charge on any atom is -0.378 e. The topological polar surface area (TPSA) is 74.5 Å². The van der Waals surface area contributed by atoms with E-state index >= 15 is 0 Å². The molecule has 0 radical (unpaired) electrons. The number of anilines is 1. The maximum absolute atomic E-state index is 14.8. The molecule has 0 aliphatic carbocycles. The number of rotatable bonds is 5. The zero-order valence-electron chi connectivity index (χ0n) is 17.2. The van der Waals surface area contributed by atoms with Crippen molar-refractivity contribution in [2.75, 3.05) is 18.6 Å². The molecule has 0 unspecified atom stereocenters.